The molecule has 4 nitrogen and oxygen atoms in total. The molecule has 0 radical (unpaired) electrons. The number of carbonyl (C=O) groups excluding carboxylic acids is 2. The molecule has 0 aliphatic rings. The summed E-state index contributed by atoms with van der Waals surface area (Å²) >= 11 is 3.40. The first-order valence-corrected chi connectivity index (χ1v) is 5.78. The number of nitrogens with one attached hydrogen (secondary N) is 1. The number of ether oxygens (including phenoxy) is 1. The van der Waals surface area contributed by atoms with E-state index in [4.69, 9.17) is 0 Å². The van der Waals surface area contributed by atoms with E-state index < -0.39 is 5.97 Å². The topological polar surface area (TPSA) is 59.2 Å². The van der Waals surface area contributed by atoms with E-state index in [1.54, 1.807) is 6.07 Å². The van der Waals surface area contributed by atoms with Gasteiger partial charge in [0.05, 0.1) is 12.8 Å². The second kappa shape index (κ2) is 4.71. The van der Waals surface area contributed by atoms with Crippen molar-refractivity contribution in [2.75, 3.05) is 7.11 Å². The lowest BCUT2D eigenvalue weighted by atomic mass is 10.2. The van der Waals surface area contributed by atoms with Crippen LogP contribution in [0, 0.1) is 0 Å². The van der Waals surface area contributed by atoms with E-state index in [9.17, 15) is 9.59 Å². The summed E-state index contributed by atoms with van der Waals surface area (Å²) < 4.78 is 5.36. The SMILES string of the molecule is COC(=O)CC(=O)c1cc2c(Br)cccc2[nH]1. The molecule has 0 atom stereocenters. The van der Waals surface area contributed by atoms with Crippen molar-refractivity contribution in [1.82, 2.24) is 4.98 Å². The predicted octanol–water partition coefficient (Wildman–Crippen LogP) is 2.68. The fraction of sp³-hybridized carbons (Fsp3) is 0.167. The third kappa shape index (κ3) is 2.39. The van der Waals surface area contributed by atoms with Crippen molar-refractivity contribution in [3.05, 3.63) is 34.4 Å². The van der Waals surface area contributed by atoms with Gasteiger partial charge in [-0.3, -0.25) is 9.59 Å². The Labute approximate surface area is 106 Å². The van der Waals surface area contributed by atoms with Crippen LogP contribution in [0.5, 0.6) is 0 Å². The number of H-pyrrole nitrogens is 1. The zero-order chi connectivity index (χ0) is 12.4. The molecule has 17 heavy (non-hydrogen) atoms. The molecule has 0 aliphatic heterocycles. The van der Waals surface area contributed by atoms with Crippen molar-refractivity contribution < 1.29 is 14.3 Å². The molecule has 2 rings (SSSR count). The fourth-order valence-corrected chi connectivity index (χ4v) is 2.05. The molecular formula is C12H10BrNO3. The van der Waals surface area contributed by atoms with Crippen LogP contribution in [0.15, 0.2) is 28.7 Å². The molecule has 0 bridgehead atoms. The molecule has 0 amide bonds. The number of ketones is 1. The lowest BCUT2D eigenvalue weighted by Gasteiger charge is -1.96. The predicted molar refractivity (Wildman–Crippen MR) is 67.0 cm³/mol. The zero-order valence-corrected chi connectivity index (χ0v) is 10.7. The summed E-state index contributed by atoms with van der Waals surface area (Å²) in [5.41, 5.74) is 1.27. The summed E-state index contributed by atoms with van der Waals surface area (Å²) in [6.07, 6.45) is -0.249. The van der Waals surface area contributed by atoms with Crippen molar-refractivity contribution in [2.45, 2.75) is 6.42 Å². The van der Waals surface area contributed by atoms with Crippen molar-refractivity contribution in [1.29, 1.82) is 0 Å². The molecule has 1 aromatic heterocycles. The molecule has 1 N–H and O–H groups in total. The Balaban J connectivity index is 2.34. The molecule has 1 aromatic carbocycles. The van der Waals surface area contributed by atoms with Crippen LogP contribution < -0.4 is 0 Å². The number of hydrogen-bond acceptors (Lipinski definition) is 3. The Morgan fingerprint density at radius 2 is 2.18 bits per heavy atom. The standard InChI is InChI=1S/C12H10BrNO3/c1-17-12(16)6-11(15)10-5-7-8(13)3-2-4-9(7)14-10/h2-5,14H,6H2,1H3. The van der Waals surface area contributed by atoms with Gasteiger partial charge in [-0.1, -0.05) is 22.0 Å². The first-order valence-electron chi connectivity index (χ1n) is 4.99. The minimum atomic E-state index is -0.535. The number of carbonyl (C=O) groups is 2. The first kappa shape index (κ1) is 11.9. The maximum Gasteiger partial charge on any atom is 0.313 e. The number of aromatic amines is 1. The van der Waals surface area contributed by atoms with Crippen molar-refractivity contribution in [2.24, 2.45) is 0 Å². The van der Waals surface area contributed by atoms with Crippen LogP contribution in [0.2, 0.25) is 0 Å². The van der Waals surface area contributed by atoms with Gasteiger partial charge >= 0.3 is 5.97 Å². The van der Waals surface area contributed by atoms with E-state index in [1.807, 2.05) is 18.2 Å². The average molecular weight is 296 g/mol. The molecule has 88 valence electrons. The number of rotatable bonds is 3. The highest BCUT2D eigenvalue weighted by molar-refractivity contribution is 9.10. The summed E-state index contributed by atoms with van der Waals surface area (Å²) in [4.78, 5) is 25.7. The Bertz CT molecular complexity index is 588. The average Bonchev–Trinajstić information content (AvgIpc) is 2.74. The summed E-state index contributed by atoms with van der Waals surface area (Å²) in [7, 11) is 1.26. The van der Waals surface area contributed by atoms with E-state index in [-0.39, 0.29) is 12.2 Å². The molecule has 0 saturated carbocycles. The van der Waals surface area contributed by atoms with Gasteiger partial charge in [-0.2, -0.15) is 0 Å². The minimum absolute atomic E-state index is 0.249. The number of aromatic nitrogens is 1. The number of methoxy groups -OCH3 is 1. The van der Waals surface area contributed by atoms with Gasteiger partial charge in [-0.15, -0.1) is 0 Å². The molecule has 1 heterocycles. The lowest BCUT2D eigenvalue weighted by Crippen LogP contribution is -2.09. The van der Waals surface area contributed by atoms with Crippen LogP contribution in [-0.2, 0) is 9.53 Å². The van der Waals surface area contributed by atoms with Gasteiger partial charge in [0, 0.05) is 15.4 Å². The molecule has 0 fully saturated rings. The van der Waals surface area contributed by atoms with Crippen LogP contribution in [0.3, 0.4) is 0 Å². The second-order valence-corrected chi connectivity index (χ2v) is 4.41. The van der Waals surface area contributed by atoms with Gasteiger partial charge in [0.15, 0.2) is 5.78 Å². The summed E-state index contributed by atoms with van der Waals surface area (Å²) in [6.45, 7) is 0. The van der Waals surface area contributed by atoms with Crippen LogP contribution in [0.25, 0.3) is 10.9 Å². The fourth-order valence-electron chi connectivity index (χ4n) is 1.57. The minimum Gasteiger partial charge on any atom is -0.469 e. The summed E-state index contributed by atoms with van der Waals surface area (Å²) in [5, 5.41) is 0.917. The molecule has 0 aliphatic carbocycles. The van der Waals surface area contributed by atoms with E-state index in [2.05, 4.69) is 25.7 Å². The van der Waals surface area contributed by atoms with Gasteiger partial charge in [-0.25, -0.2) is 0 Å². The Kier molecular flexibility index (Phi) is 3.28. The van der Waals surface area contributed by atoms with E-state index in [1.165, 1.54) is 7.11 Å². The highest BCUT2D eigenvalue weighted by Crippen LogP contribution is 2.24. The van der Waals surface area contributed by atoms with Crippen LogP contribution in [0.4, 0.5) is 0 Å². The largest absolute Gasteiger partial charge is 0.469 e. The van der Waals surface area contributed by atoms with Crippen molar-refractivity contribution in [3.63, 3.8) is 0 Å². The molecule has 2 aromatic rings. The number of halogens is 1. The van der Waals surface area contributed by atoms with Gasteiger partial charge in [0.25, 0.3) is 0 Å². The molecular weight excluding hydrogens is 286 g/mol. The van der Waals surface area contributed by atoms with Crippen LogP contribution in [-0.4, -0.2) is 23.8 Å². The maximum absolute atomic E-state index is 11.7. The highest BCUT2D eigenvalue weighted by atomic mass is 79.9. The number of hydrogen-bond donors (Lipinski definition) is 1. The Morgan fingerprint density at radius 3 is 2.82 bits per heavy atom. The Hall–Kier alpha value is -1.62. The lowest BCUT2D eigenvalue weighted by molar-refractivity contribution is -0.139. The Morgan fingerprint density at radius 1 is 1.41 bits per heavy atom. The van der Waals surface area contributed by atoms with Gasteiger partial charge in [-0.05, 0) is 18.2 Å². The highest BCUT2D eigenvalue weighted by Gasteiger charge is 2.14. The molecule has 0 unspecified atom stereocenters. The summed E-state index contributed by atoms with van der Waals surface area (Å²) in [6, 6.07) is 7.36. The molecule has 5 heteroatoms. The van der Waals surface area contributed by atoms with Crippen molar-refractivity contribution >= 4 is 38.6 Å². The van der Waals surface area contributed by atoms with Crippen LogP contribution in [0.1, 0.15) is 16.9 Å². The quantitative estimate of drug-likeness (QED) is 0.538. The second-order valence-electron chi connectivity index (χ2n) is 3.56. The monoisotopic (exact) mass is 295 g/mol. The number of esters is 1. The number of Topliss-reactive ketones (excluding diaryl/α,β-unsaturated/α-hetero) is 1. The smallest absolute Gasteiger partial charge is 0.313 e. The first-order chi connectivity index (χ1) is 8.11. The third-order valence-electron chi connectivity index (χ3n) is 2.44. The zero-order valence-electron chi connectivity index (χ0n) is 9.12. The normalized spacial score (nSPS) is 10.5. The van der Waals surface area contributed by atoms with E-state index in [0.29, 0.717) is 5.69 Å². The van der Waals surface area contributed by atoms with Crippen LogP contribution >= 0.6 is 15.9 Å². The summed E-state index contributed by atoms with van der Waals surface area (Å²) in [5.74, 6) is -0.812. The van der Waals surface area contributed by atoms with Gasteiger partial charge < -0.3 is 9.72 Å². The van der Waals surface area contributed by atoms with E-state index in [0.717, 1.165) is 15.4 Å². The molecule has 0 saturated heterocycles. The maximum atomic E-state index is 11.7. The number of fused-ring (bicyclic) bond motifs is 1. The van der Waals surface area contributed by atoms with E-state index >= 15 is 0 Å². The van der Waals surface area contributed by atoms with Gasteiger partial charge in [0.2, 0.25) is 0 Å². The molecule has 0 spiro atoms. The third-order valence-corrected chi connectivity index (χ3v) is 3.14. The van der Waals surface area contributed by atoms with Gasteiger partial charge in [0.1, 0.15) is 6.42 Å². The number of benzene rings is 1. The van der Waals surface area contributed by atoms with Crippen molar-refractivity contribution in [3.8, 4) is 0 Å².